The van der Waals surface area contributed by atoms with Gasteiger partial charge in [0.15, 0.2) is 0 Å². The molecule has 0 radical (unpaired) electrons. The number of rotatable bonds is 5. The van der Waals surface area contributed by atoms with Crippen molar-refractivity contribution in [3.8, 4) is 0 Å². The Morgan fingerprint density at radius 2 is 2.24 bits per heavy atom. The molecule has 1 unspecified atom stereocenters. The first-order chi connectivity index (χ1) is 8.20. The number of nitrogens with two attached hydrogens (primary N) is 1. The second-order valence-corrected chi connectivity index (χ2v) is 4.15. The van der Waals surface area contributed by atoms with Crippen LogP contribution in [0, 0.1) is 0 Å². The highest BCUT2D eigenvalue weighted by Crippen LogP contribution is 2.17. The molecule has 6 heteroatoms. The van der Waals surface area contributed by atoms with Crippen LogP contribution in [0.3, 0.4) is 0 Å². The van der Waals surface area contributed by atoms with E-state index in [2.05, 4.69) is 15.6 Å². The van der Waals surface area contributed by atoms with Gasteiger partial charge in [-0.25, -0.2) is 0 Å². The molecule has 2 heterocycles. The Hall–Kier alpha value is -1.66. The van der Waals surface area contributed by atoms with E-state index in [1.54, 1.807) is 4.68 Å². The van der Waals surface area contributed by atoms with Crippen molar-refractivity contribution >= 4 is 0 Å². The lowest BCUT2D eigenvalue weighted by Gasteiger charge is -2.13. The van der Waals surface area contributed by atoms with E-state index in [4.69, 9.17) is 5.84 Å². The van der Waals surface area contributed by atoms with E-state index in [9.17, 15) is 0 Å². The summed E-state index contributed by atoms with van der Waals surface area (Å²) in [5.41, 5.74) is 5.14. The average molecular weight is 234 g/mol. The molecule has 0 aromatic carbocycles. The molecule has 6 nitrogen and oxygen atoms in total. The van der Waals surface area contributed by atoms with Gasteiger partial charge in [0.25, 0.3) is 0 Å². The predicted octanol–water partition coefficient (Wildman–Crippen LogP) is 0.291. The zero-order valence-electron chi connectivity index (χ0n) is 10.2. The minimum absolute atomic E-state index is 0.124. The van der Waals surface area contributed by atoms with Crippen molar-refractivity contribution < 1.29 is 0 Å². The van der Waals surface area contributed by atoms with Crippen LogP contribution in [0.25, 0.3) is 0 Å². The SMILES string of the molecule is Cn1cc(C(CCc2ccnn2C)NN)cn1. The van der Waals surface area contributed by atoms with Gasteiger partial charge in [-0.3, -0.25) is 20.6 Å². The first-order valence-corrected chi connectivity index (χ1v) is 5.62. The van der Waals surface area contributed by atoms with Gasteiger partial charge in [-0.2, -0.15) is 10.2 Å². The van der Waals surface area contributed by atoms with Gasteiger partial charge in [0.05, 0.1) is 6.20 Å². The summed E-state index contributed by atoms with van der Waals surface area (Å²) in [6, 6.07) is 2.15. The molecule has 0 aliphatic heterocycles. The predicted molar refractivity (Wildman–Crippen MR) is 64.8 cm³/mol. The van der Waals surface area contributed by atoms with Crippen molar-refractivity contribution in [2.45, 2.75) is 18.9 Å². The minimum Gasteiger partial charge on any atom is -0.275 e. The first-order valence-electron chi connectivity index (χ1n) is 5.62. The topological polar surface area (TPSA) is 73.7 Å². The van der Waals surface area contributed by atoms with E-state index in [0.717, 1.165) is 18.4 Å². The molecule has 0 fully saturated rings. The van der Waals surface area contributed by atoms with Crippen LogP contribution in [-0.4, -0.2) is 19.6 Å². The summed E-state index contributed by atoms with van der Waals surface area (Å²) < 4.78 is 3.67. The molecule has 0 saturated heterocycles. The lowest BCUT2D eigenvalue weighted by molar-refractivity contribution is 0.506. The third-order valence-corrected chi connectivity index (χ3v) is 2.94. The number of nitrogens with zero attached hydrogens (tertiary/aromatic N) is 4. The maximum Gasteiger partial charge on any atom is 0.0538 e. The lowest BCUT2D eigenvalue weighted by Crippen LogP contribution is -2.28. The molecule has 2 aromatic heterocycles. The summed E-state index contributed by atoms with van der Waals surface area (Å²) in [4.78, 5) is 0. The number of hydrazine groups is 1. The number of hydrogen-bond acceptors (Lipinski definition) is 4. The Balaban J connectivity index is 1.99. The fraction of sp³-hybridized carbons (Fsp3) is 0.455. The molecule has 17 heavy (non-hydrogen) atoms. The van der Waals surface area contributed by atoms with Crippen molar-refractivity contribution in [2.24, 2.45) is 19.9 Å². The van der Waals surface area contributed by atoms with E-state index in [-0.39, 0.29) is 6.04 Å². The second-order valence-electron chi connectivity index (χ2n) is 4.15. The quantitative estimate of drug-likeness (QED) is 0.576. The molecule has 0 amide bonds. The van der Waals surface area contributed by atoms with Crippen LogP contribution in [0.15, 0.2) is 24.7 Å². The largest absolute Gasteiger partial charge is 0.275 e. The zero-order chi connectivity index (χ0) is 12.3. The molecule has 0 spiro atoms. The highest BCUT2D eigenvalue weighted by molar-refractivity contribution is 5.11. The van der Waals surface area contributed by atoms with Crippen LogP contribution >= 0.6 is 0 Å². The van der Waals surface area contributed by atoms with Gasteiger partial charge in [-0.15, -0.1) is 0 Å². The molecular formula is C11H18N6. The standard InChI is InChI=1S/C11H18N6/c1-16-8-9(7-14-16)11(15-12)4-3-10-5-6-13-17(10)2/h5-8,11,15H,3-4,12H2,1-2H3. The number of aryl methyl sites for hydroxylation is 3. The number of aromatic nitrogens is 4. The van der Waals surface area contributed by atoms with Crippen molar-refractivity contribution in [1.82, 2.24) is 25.0 Å². The van der Waals surface area contributed by atoms with Gasteiger partial charge >= 0.3 is 0 Å². The van der Waals surface area contributed by atoms with E-state index in [1.807, 2.05) is 43.4 Å². The molecule has 0 aliphatic carbocycles. The average Bonchev–Trinajstić information content (AvgIpc) is 2.90. The monoisotopic (exact) mass is 234 g/mol. The summed E-state index contributed by atoms with van der Waals surface area (Å²) in [5, 5.41) is 8.30. The van der Waals surface area contributed by atoms with Crippen molar-refractivity contribution in [2.75, 3.05) is 0 Å². The smallest absolute Gasteiger partial charge is 0.0538 e. The van der Waals surface area contributed by atoms with Gasteiger partial charge in [-0.05, 0) is 18.9 Å². The highest BCUT2D eigenvalue weighted by Gasteiger charge is 2.12. The summed E-state index contributed by atoms with van der Waals surface area (Å²) >= 11 is 0. The summed E-state index contributed by atoms with van der Waals surface area (Å²) in [6.45, 7) is 0. The van der Waals surface area contributed by atoms with Crippen molar-refractivity contribution in [1.29, 1.82) is 0 Å². The van der Waals surface area contributed by atoms with E-state index in [1.165, 1.54) is 5.69 Å². The maximum absolute atomic E-state index is 5.58. The summed E-state index contributed by atoms with van der Waals surface area (Å²) in [5.74, 6) is 5.58. The fourth-order valence-corrected chi connectivity index (χ4v) is 1.91. The molecule has 0 saturated carbocycles. The van der Waals surface area contributed by atoms with Crippen molar-refractivity contribution in [3.05, 3.63) is 35.9 Å². The van der Waals surface area contributed by atoms with Crippen LogP contribution in [0.5, 0.6) is 0 Å². The van der Waals surface area contributed by atoms with Gasteiger partial charge < -0.3 is 0 Å². The van der Waals surface area contributed by atoms with E-state index in [0.29, 0.717) is 0 Å². The zero-order valence-corrected chi connectivity index (χ0v) is 10.2. The first kappa shape index (κ1) is 11.8. The fourth-order valence-electron chi connectivity index (χ4n) is 1.91. The van der Waals surface area contributed by atoms with Gasteiger partial charge in [-0.1, -0.05) is 0 Å². The van der Waals surface area contributed by atoms with E-state index < -0.39 is 0 Å². The molecule has 2 aromatic rings. The Labute approximate surface area is 100 Å². The number of nitrogens with one attached hydrogen (secondary N) is 1. The van der Waals surface area contributed by atoms with E-state index >= 15 is 0 Å². The maximum atomic E-state index is 5.58. The Kier molecular flexibility index (Phi) is 3.55. The van der Waals surface area contributed by atoms with Crippen LogP contribution in [0.4, 0.5) is 0 Å². The molecule has 0 aliphatic rings. The van der Waals surface area contributed by atoms with Crippen LogP contribution in [0.2, 0.25) is 0 Å². The molecule has 3 N–H and O–H groups in total. The molecule has 2 rings (SSSR count). The summed E-state index contributed by atoms with van der Waals surface area (Å²) in [7, 11) is 3.85. The summed E-state index contributed by atoms with van der Waals surface area (Å²) in [6.07, 6.45) is 7.48. The van der Waals surface area contributed by atoms with Crippen LogP contribution in [-0.2, 0) is 20.5 Å². The molecule has 92 valence electrons. The number of hydrogen-bond donors (Lipinski definition) is 2. The van der Waals surface area contributed by atoms with Crippen molar-refractivity contribution in [3.63, 3.8) is 0 Å². The molecule has 1 atom stereocenters. The van der Waals surface area contributed by atoms with Gasteiger partial charge in [0.1, 0.15) is 0 Å². The highest BCUT2D eigenvalue weighted by atomic mass is 15.3. The van der Waals surface area contributed by atoms with Crippen LogP contribution in [0.1, 0.15) is 23.7 Å². The second kappa shape index (κ2) is 5.11. The molecular weight excluding hydrogens is 216 g/mol. The third kappa shape index (κ3) is 2.72. The Morgan fingerprint density at radius 3 is 2.76 bits per heavy atom. The van der Waals surface area contributed by atoms with Gasteiger partial charge in [0, 0.05) is 43.8 Å². The third-order valence-electron chi connectivity index (χ3n) is 2.94. The van der Waals surface area contributed by atoms with Crippen LogP contribution < -0.4 is 11.3 Å². The molecule has 0 bridgehead atoms. The Morgan fingerprint density at radius 1 is 1.41 bits per heavy atom. The van der Waals surface area contributed by atoms with Gasteiger partial charge in [0.2, 0.25) is 0 Å². The minimum atomic E-state index is 0.124. The lowest BCUT2D eigenvalue weighted by atomic mass is 10.1. The normalized spacial score (nSPS) is 12.9. The Bertz CT molecular complexity index is 472.